The van der Waals surface area contributed by atoms with Crippen LogP contribution in [-0.4, -0.2) is 15.7 Å². The van der Waals surface area contributed by atoms with Crippen LogP contribution in [-0.2, 0) is 0 Å². The summed E-state index contributed by atoms with van der Waals surface area (Å²) in [5, 5.41) is 17.9. The van der Waals surface area contributed by atoms with Gasteiger partial charge in [-0.25, -0.2) is 4.68 Å². The molecule has 0 bridgehead atoms. The van der Waals surface area contributed by atoms with E-state index in [1.807, 2.05) is 78.9 Å². The third kappa shape index (κ3) is 4.56. The Hall–Kier alpha value is -4.66. The number of benzene rings is 4. The number of para-hydroxylation sites is 1. The molecule has 0 spiro atoms. The van der Waals surface area contributed by atoms with Crippen molar-refractivity contribution in [3.05, 3.63) is 125 Å². The number of anilines is 1. The molecule has 0 fully saturated rings. The van der Waals surface area contributed by atoms with Gasteiger partial charge in [0.25, 0.3) is 5.91 Å². The molecule has 4 aromatic carbocycles. The summed E-state index contributed by atoms with van der Waals surface area (Å²) >= 11 is 6.45. The molecule has 1 N–H and O–H groups in total. The first-order valence-electron chi connectivity index (χ1n) is 11.0. The molecule has 0 atom stereocenters. The maximum Gasteiger partial charge on any atom is 0.256 e. The molecule has 1 amide bonds. The van der Waals surface area contributed by atoms with E-state index >= 15 is 0 Å². The monoisotopic (exact) mass is 474 g/mol. The van der Waals surface area contributed by atoms with Crippen molar-refractivity contribution in [2.24, 2.45) is 0 Å². The second-order valence-corrected chi connectivity index (χ2v) is 8.24. The molecule has 35 heavy (non-hydrogen) atoms. The van der Waals surface area contributed by atoms with Gasteiger partial charge < -0.3 is 5.32 Å². The Morgan fingerprint density at radius 2 is 1.49 bits per heavy atom. The minimum Gasteiger partial charge on any atom is -0.306 e. The molecule has 5 nitrogen and oxygen atoms in total. The fourth-order valence-electron chi connectivity index (χ4n) is 3.86. The lowest BCUT2D eigenvalue weighted by atomic mass is 9.98. The van der Waals surface area contributed by atoms with E-state index < -0.39 is 0 Å². The number of aromatic nitrogens is 2. The maximum absolute atomic E-state index is 13.2. The van der Waals surface area contributed by atoms with Gasteiger partial charge in [-0.2, -0.15) is 10.4 Å². The highest BCUT2D eigenvalue weighted by molar-refractivity contribution is 6.32. The van der Waals surface area contributed by atoms with Gasteiger partial charge in [0, 0.05) is 17.2 Å². The smallest absolute Gasteiger partial charge is 0.256 e. The molecule has 0 aliphatic carbocycles. The maximum atomic E-state index is 13.2. The molecule has 0 radical (unpaired) electrons. The first kappa shape index (κ1) is 22.1. The van der Waals surface area contributed by atoms with Crippen molar-refractivity contribution in [1.82, 2.24) is 9.78 Å². The molecule has 0 saturated heterocycles. The molecule has 0 saturated carbocycles. The number of nitriles is 1. The lowest BCUT2D eigenvalue weighted by Gasteiger charge is -2.11. The second kappa shape index (κ2) is 9.68. The van der Waals surface area contributed by atoms with Crippen molar-refractivity contribution in [1.29, 1.82) is 5.26 Å². The van der Waals surface area contributed by atoms with Crippen molar-refractivity contribution >= 4 is 23.3 Å². The average molecular weight is 475 g/mol. The fraction of sp³-hybridized carbons (Fsp3) is 0. The normalized spacial score (nSPS) is 10.5. The molecular formula is C29H19ClN4O. The van der Waals surface area contributed by atoms with Crippen LogP contribution in [0.25, 0.3) is 28.1 Å². The number of rotatable bonds is 5. The number of nitrogens with one attached hydrogen (secondary N) is 1. The number of halogens is 1. The highest BCUT2D eigenvalue weighted by Gasteiger charge is 2.17. The zero-order chi connectivity index (χ0) is 24.2. The molecule has 5 aromatic rings. The van der Waals surface area contributed by atoms with Crippen LogP contribution in [0.4, 0.5) is 5.82 Å². The lowest BCUT2D eigenvalue weighted by molar-refractivity contribution is 0.102. The molecule has 1 aromatic heterocycles. The summed E-state index contributed by atoms with van der Waals surface area (Å²) in [6.07, 6.45) is 0. The van der Waals surface area contributed by atoms with E-state index in [0.29, 0.717) is 33.3 Å². The van der Waals surface area contributed by atoms with E-state index in [-0.39, 0.29) is 5.91 Å². The summed E-state index contributed by atoms with van der Waals surface area (Å²) in [5.74, 6) is 0.113. The van der Waals surface area contributed by atoms with Crippen LogP contribution in [0.3, 0.4) is 0 Å². The van der Waals surface area contributed by atoms with Gasteiger partial charge in [-0.05, 0) is 35.4 Å². The number of hydrogen-bond acceptors (Lipinski definition) is 3. The number of carbonyl (C=O) groups excluding carboxylic acids is 1. The third-order valence-electron chi connectivity index (χ3n) is 5.59. The third-order valence-corrected chi connectivity index (χ3v) is 5.91. The van der Waals surface area contributed by atoms with Gasteiger partial charge in [-0.15, -0.1) is 0 Å². The quantitative estimate of drug-likeness (QED) is 0.298. The second-order valence-electron chi connectivity index (χ2n) is 7.84. The topological polar surface area (TPSA) is 70.7 Å². The van der Waals surface area contributed by atoms with Gasteiger partial charge in [0.15, 0.2) is 0 Å². The molecule has 0 aliphatic heterocycles. The Morgan fingerprint density at radius 1 is 0.829 bits per heavy atom. The summed E-state index contributed by atoms with van der Waals surface area (Å²) in [4.78, 5) is 13.2. The zero-order valence-electron chi connectivity index (χ0n) is 18.5. The summed E-state index contributed by atoms with van der Waals surface area (Å²) in [6.45, 7) is 0. The van der Waals surface area contributed by atoms with Gasteiger partial charge in [-0.1, -0.05) is 90.5 Å². The van der Waals surface area contributed by atoms with Gasteiger partial charge in [-0.3, -0.25) is 4.79 Å². The first-order valence-corrected chi connectivity index (χ1v) is 11.3. The van der Waals surface area contributed by atoms with Crippen LogP contribution in [0.2, 0.25) is 5.02 Å². The first-order chi connectivity index (χ1) is 17.1. The van der Waals surface area contributed by atoms with E-state index in [1.54, 1.807) is 35.0 Å². The van der Waals surface area contributed by atoms with Crippen molar-refractivity contribution in [3.63, 3.8) is 0 Å². The van der Waals surface area contributed by atoms with Crippen LogP contribution < -0.4 is 5.32 Å². The number of nitrogens with zero attached hydrogens (tertiary/aromatic N) is 3. The van der Waals surface area contributed by atoms with Crippen molar-refractivity contribution in [3.8, 4) is 34.1 Å². The Bertz CT molecular complexity index is 1550. The van der Waals surface area contributed by atoms with Crippen LogP contribution in [0, 0.1) is 11.3 Å². The van der Waals surface area contributed by atoms with E-state index in [1.165, 1.54) is 0 Å². The lowest BCUT2D eigenvalue weighted by Crippen LogP contribution is -2.15. The Morgan fingerprint density at radius 3 is 2.17 bits per heavy atom. The minimum atomic E-state index is -0.353. The summed E-state index contributed by atoms with van der Waals surface area (Å²) in [5.41, 5.74) is 4.73. The van der Waals surface area contributed by atoms with E-state index in [4.69, 9.17) is 16.7 Å². The number of carbonyl (C=O) groups is 1. The summed E-state index contributed by atoms with van der Waals surface area (Å²) in [7, 11) is 0. The molecule has 5 rings (SSSR count). The average Bonchev–Trinajstić information content (AvgIpc) is 3.33. The molecular weight excluding hydrogens is 456 g/mol. The predicted molar refractivity (Wildman–Crippen MR) is 139 cm³/mol. The predicted octanol–water partition coefficient (Wildman–Crippen LogP) is 6.98. The highest BCUT2D eigenvalue weighted by atomic mass is 35.5. The summed E-state index contributed by atoms with van der Waals surface area (Å²) in [6, 6.07) is 35.7. The van der Waals surface area contributed by atoms with Gasteiger partial charge >= 0.3 is 0 Å². The fourth-order valence-corrected chi connectivity index (χ4v) is 4.08. The molecule has 6 heteroatoms. The van der Waals surface area contributed by atoms with Gasteiger partial charge in [0.1, 0.15) is 5.82 Å². The molecule has 0 unspecified atom stereocenters. The van der Waals surface area contributed by atoms with Crippen LogP contribution in [0.5, 0.6) is 0 Å². The minimum absolute atomic E-state index is 0.353. The summed E-state index contributed by atoms with van der Waals surface area (Å²) < 4.78 is 1.62. The molecule has 0 aliphatic rings. The van der Waals surface area contributed by atoms with Crippen LogP contribution in [0.15, 0.2) is 109 Å². The van der Waals surface area contributed by atoms with Crippen molar-refractivity contribution in [2.75, 3.05) is 5.32 Å². The largest absolute Gasteiger partial charge is 0.306 e. The Balaban J connectivity index is 1.52. The molecule has 1 heterocycles. The van der Waals surface area contributed by atoms with Crippen molar-refractivity contribution in [2.45, 2.75) is 0 Å². The number of hydrogen-bond donors (Lipinski definition) is 1. The van der Waals surface area contributed by atoms with Gasteiger partial charge in [0.05, 0.1) is 28.0 Å². The van der Waals surface area contributed by atoms with Crippen molar-refractivity contribution < 1.29 is 4.79 Å². The standard InChI is InChI=1S/C29H19ClN4O/c30-25-13-7-8-14-27(25)34-28(18-26(33-34)21-11-5-2-6-12-21)32-29(35)22-15-16-24(23(17-22)19-31)20-9-3-1-4-10-20/h1-18H,(H,32,35). The Labute approximate surface area is 207 Å². The Kier molecular flexibility index (Phi) is 6.13. The van der Waals surface area contributed by atoms with E-state index in [9.17, 15) is 10.1 Å². The zero-order valence-corrected chi connectivity index (χ0v) is 19.3. The molecule has 168 valence electrons. The van der Waals surface area contributed by atoms with Crippen LogP contribution in [0.1, 0.15) is 15.9 Å². The number of amides is 1. The van der Waals surface area contributed by atoms with E-state index in [2.05, 4.69) is 11.4 Å². The highest BCUT2D eigenvalue weighted by Crippen LogP contribution is 2.29. The van der Waals surface area contributed by atoms with Gasteiger partial charge in [0.2, 0.25) is 0 Å². The van der Waals surface area contributed by atoms with E-state index in [0.717, 1.165) is 16.7 Å². The van der Waals surface area contributed by atoms with Crippen LogP contribution >= 0.6 is 11.6 Å². The SMILES string of the molecule is N#Cc1cc(C(=O)Nc2cc(-c3ccccc3)nn2-c2ccccc2Cl)ccc1-c1ccccc1.